The summed E-state index contributed by atoms with van der Waals surface area (Å²) in [6.45, 7) is 0. The number of nitrogens with two attached hydrogens (primary N) is 1. The second kappa shape index (κ2) is 7.01. The second-order valence-electron chi connectivity index (χ2n) is 4.26. The molecule has 1 rings (SSSR count). The predicted molar refractivity (Wildman–Crippen MR) is 72.1 cm³/mol. The highest BCUT2D eigenvalue weighted by molar-refractivity contribution is 7.88. The molecule has 0 spiro atoms. The molecule has 0 radical (unpaired) electrons. The zero-order chi connectivity index (χ0) is 15.2. The van der Waals surface area contributed by atoms with Crippen LogP contribution in [0.15, 0.2) is 30.3 Å². The molecule has 1 atom stereocenters. The molecule has 0 heterocycles. The van der Waals surface area contributed by atoms with Gasteiger partial charge >= 0.3 is 5.97 Å². The molecule has 0 aliphatic heterocycles. The Morgan fingerprint density at radius 1 is 1.25 bits per heavy atom. The standard InChI is InChI=1S/C12H16N2O5S/c13-11(15)7-6-10(12(16)17)14-20(18,19)8-9-4-2-1-3-5-9/h1-5,10,14H,6-8H2,(H2,13,15)(H,16,17)/t10-/m1/s1. The number of carbonyl (C=O) groups is 2. The van der Waals surface area contributed by atoms with Crippen molar-refractivity contribution in [2.24, 2.45) is 5.73 Å². The van der Waals surface area contributed by atoms with E-state index in [0.29, 0.717) is 5.56 Å². The molecule has 0 aromatic heterocycles. The van der Waals surface area contributed by atoms with Gasteiger partial charge < -0.3 is 10.8 Å². The lowest BCUT2D eigenvalue weighted by Crippen LogP contribution is -2.41. The Morgan fingerprint density at radius 2 is 1.85 bits per heavy atom. The molecular weight excluding hydrogens is 284 g/mol. The maximum Gasteiger partial charge on any atom is 0.321 e. The highest BCUT2D eigenvalue weighted by Gasteiger charge is 2.24. The fraction of sp³-hybridized carbons (Fsp3) is 0.333. The van der Waals surface area contributed by atoms with Gasteiger partial charge in [-0.15, -0.1) is 0 Å². The number of sulfonamides is 1. The number of nitrogens with one attached hydrogen (secondary N) is 1. The summed E-state index contributed by atoms with van der Waals surface area (Å²) in [6.07, 6.45) is -0.385. The number of aliphatic carboxylic acids is 1. The van der Waals surface area contributed by atoms with Crippen molar-refractivity contribution in [2.75, 3.05) is 0 Å². The first-order chi connectivity index (χ1) is 9.30. The lowest BCUT2D eigenvalue weighted by atomic mass is 10.2. The summed E-state index contributed by atoms with van der Waals surface area (Å²) in [6, 6.07) is 7.00. The number of carboxylic acids is 1. The fourth-order valence-corrected chi connectivity index (χ4v) is 2.94. The first kappa shape index (κ1) is 16.1. The van der Waals surface area contributed by atoms with E-state index in [0.717, 1.165) is 0 Å². The number of hydrogen-bond acceptors (Lipinski definition) is 4. The van der Waals surface area contributed by atoms with E-state index in [-0.39, 0.29) is 18.6 Å². The van der Waals surface area contributed by atoms with Gasteiger partial charge in [-0.3, -0.25) is 9.59 Å². The first-order valence-electron chi connectivity index (χ1n) is 5.85. The van der Waals surface area contributed by atoms with Crippen LogP contribution in [0.4, 0.5) is 0 Å². The lowest BCUT2D eigenvalue weighted by Gasteiger charge is -2.14. The smallest absolute Gasteiger partial charge is 0.321 e. The van der Waals surface area contributed by atoms with Crippen LogP contribution >= 0.6 is 0 Å². The third-order valence-electron chi connectivity index (χ3n) is 2.50. The summed E-state index contributed by atoms with van der Waals surface area (Å²) in [5.41, 5.74) is 5.46. The van der Waals surface area contributed by atoms with E-state index in [4.69, 9.17) is 10.8 Å². The number of rotatable bonds is 8. The molecule has 1 aromatic rings. The van der Waals surface area contributed by atoms with E-state index in [1.807, 2.05) is 0 Å². The van der Waals surface area contributed by atoms with Crippen molar-refractivity contribution in [1.29, 1.82) is 0 Å². The zero-order valence-electron chi connectivity index (χ0n) is 10.7. The maximum atomic E-state index is 11.9. The molecule has 8 heteroatoms. The SMILES string of the molecule is NC(=O)CC[C@@H](NS(=O)(=O)Cc1ccccc1)C(=O)O. The van der Waals surface area contributed by atoms with Gasteiger partial charge in [0, 0.05) is 6.42 Å². The molecule has 0 bridgehead atoms. The van der Waals surface area contributed by atoms with Crippen LogP contribution in [-0.2, 0) is 25.4 Å². The fourth-order valence-electron chi connectivity index (χ4n) is 1.57. The Labute approximate surface area is 116 Å². The van der Waals surface area contributed by atoms with Gasteiger partial charge in [-0.2, -0.15) is 0 Å². The highest BCUT2D eigenvalue weighted by atomic mass is 32.2. The Bertz CT molecular complexity index is 571. The Morgan fingerprint density at radius 3 is 2.35 bits per heavy atom. The van der Waals surface area contributed by atoms with Crippen LogP contribution in [0, 0.1) is 0 Å². The Balaban J connectivity index is 2.71. The minimum absolute atomic E-state index is 0.182. The normalized spacial score (nSPS) is 12.8. The van der Waals surface area contributed by atoms with E-state index >= 15 is 0 Å². The van der Waals surface area contributed by atoms with Gasteiger partial charge in [-0.1, -0.05) is 30.3 Å². The number of amides is 1. The average molecular weight is 300 g/mol. The molecule has 20 heavy (non-hydrogen) atoms. The van der Waals surface area contributed by atoms with Crippen molar-refractivity contribution in [2.45, 2.75) is 24.6 Å². The third-order valence-corrected chi connectivity index (χ3v) is 3.86. The van der Waals surface area contributed by atoms with Crippen molar-refractivity contribution in [3.8, 4) is 0 Å². The molecule has 0 saturated heterocycles. The monoisotopic (exact) mass is 300 g/mol. The van der Waals surface area contributed by atoms with E-state index in [2.05, 4.69) is 4.72 Å². The van der Waals surface area contributed by atoms with Gasteiger partial charge in [-0.05, 0) is 12.0 Å². The minimum atomic E-state index is -3.81. The lowest BCUT2D eigenvalue weighted by molar-refractivity contribution is -0.139. The van der Waals surface area contributed by atoms with E-state index in [1.54, 1.807) is 30.3 Å². The molecule has 0 saturated carbocycles. The first-order valence-corrected chi connectivity index (χ1v) is 7.50. The molecule has 110 valence electrons. The second-order valence-corrected chi connectivity index (χ2v) is 6.01. The summed E-state index contributed by atoms with van der Waals surface area (Å²) in [5.74, 6) is -2.35. The van der Waals surface area contributed by atoms with Gasteiger partial charge in [0.2, 0.25) is 15.9 Å². The summed E-state index contributed by atoms with van der Waals surface area (Å²) in [7, 11) is -3.81. The van der Waals surface area contributed by atoms with Gasteiger partial charge in [0.25, 0.3) is 0 Å². The van der Waals surface area contributed by atoms with Crippen LogP contribution in [0.1, 0.15) is 18.4 Å². The molecule has 1 amide bonds. The van der Waals surface area contributed by atoms with Crippen molar-refractivity contribution in [1.82, 2.24) is 4.72 Å². The molecule has 0 aliphatic rings. The van der Waals surface area contributed by atoms with Crippen LogP contribution in [0.2, 0.25) is 0 Å². The summed E-state index contributed by atoms with van der Waals surface area (Å²) >= 11 is 0. The number of carbonyl (C=O) groups excluding carboxylic acids is 1. The number of hydrogen-bond donors (Lipinski definition) is 3. The Hall–Kier alpha value is -1.93. The highest BCUT2D eigenvalue weighted by Crippen LogP contribution is 2.07. The van der Waals surface area contributed by atoms with Crippen molar-refractivity contribution in [3.63, 3.8) is 0 Å². The van der Waals surface area contributed by atoms with Crippen LogP contribution in [0.3, 0.4) is 0 Å². The molecule has 0 unspecified atom stereocenters. The molecular formula is C12H16N2O5S. The Kier molecular flexibility index (Phi) is 5.66. The topological polar surface area (TPSA) is 127 Å². The number of carboxylic acid groups (broad SMARTS) is 1. The molecule has 1 aromatic carbocycles. The number of benzene rings is 1. The van der Waals surface area contributed by atoms with E-state index < -0.39 is 27.9 Å². The largest absolute Gasteiger partial charge is 0.480 e. The van der Waals surface area contributed by atoms with Crippen molar-refractivity contribution in [3.05, 3.63) is 35.9 Å². The minimum Gasteiger partial charge on any atom is -0.480 e. The van der Waals surface area contributed by atoms with Crippen LogP contribution in [-0.4, -0.2) is 31.4 Å². The molecule has 4 N–H and O–H groups in total. The van der Waals surface area contributed by atoms with Crippen LogP contribution < -0.4 is 10.5 Å². The molecule has 7 nitrogen and oxygen atoms in total. The maximum absolute atomic E-state index is 11.9. The summed E-state index contributed by atoms with van der Waals surface area (Å²) in [5, 5.41) is 8.94. The van der Waals surface area contributed by atoms with Gasteiger partial charge in [-0.25, -0.2) is 13.1 Å². The number of primary amides is 1. The van der Waals surface area contributed by atoms with E-state index in [1.165, 1.54) is 0 Å². The zero-order valence-corrected chi connectivity index (χ0v) is 11.5. The summed E-state index contributed by atoms with van der Waals surface area (Å²) < 4.78 is 25.8. The average Bonchev–Trinajstić information content (AvgIpc) is 2.34. The van der Waals surface area contributed by atoms with Gasteiger partial charge in [0.1, 0.15) is 6.04 Å². The quantitative estimate of drug-likeness (QED) is 0.614. The summed E-state index contributed by atoms with van der Waals surface area (Å²) in [4.78, 5) is 21.6. The van der Waals surface area contributed by atoms with Crippen molar-refractivity contribution >= 4 is 21.9 Å². The third kappa shape index (κ3) is 5.81. The molecule has 0 fully saturated rings. The predicted octanol–water partition coefficient (Wildman–Crippen LogP) is -0.175. The van der Waals surface area contributed by atoms with Gasteiger partial charge in [0.15, 0.2) is 0 Å². The van der Waals surface area contributed by atoms with Gasteiger partial charge in [0.05, 0.1) is 5.75 Å². The van der Waals surface area contributed by atoms with E-state index in [9.17, 15) is 18.0 Å². The molecule has 0 aliphatic carbocycles. The van der Waals surface area contributed by atoms with Crippen molar-refractivity contribution < 1.29 is 23.1 Å². The van der Waals surface area contributed by atoms with Crippen LogP contribution in [0.5, 0.6) is 0 Å². The van der Waals surface area contributed by atoms with Crippen LogP contribution in [0.25, 0.3) is 0 Å².